The standard InChI is InChI=1S/C10H14N2O2/c1-7(10(13)14)4-5-12-6-11-8(2)9(12)3/h4,6H,5H2,1-3H3,(H,13,14)/b7-4+. The predicted molar refractivity (Wildman–Crippen MR) is 53.1 cm³/mol. The van der Waals surface area contributed by atoms with Crippen LogP contribution in [0.1, 0.15) is 18.3 Å². The van der Waals surface area contributed by atoms with Crippen LogP contribution in [-0.2, 0) is 11.3 Å². The predicted octanol–water partition coefficient (Wildman–Crippen LogP) is 1.53. The van der Waals surface area contributed by atoms with Gasteiger partial charge in [0.15, 0.2) is 0 Å². The summed E-state index contributed by atoms with van der Waals surface area (Å²) < 4.78 is 1.92. The number of imidazole rings is 1. The third kappa shape index (κ3) is 2.22. The van der Waals surface area contributed by atoms with Gasteiger partial charge in [0.2, 0.25) is 0 Å². The van der Waals surface area contributed by atoms with Crippen molar-refractivity contribution >= 4 is 5.97 Å². The summed E-state index contributed by atoms with van der Waals surface area (Å²) in [5.41, 5.74) is 2.40. The SMILES string of the molecule is C/C(=C\Cn1cnc(C)c1C)C(=O)O. The zero-order valence-corrected chi connectivity index (χ0v) is 8.61. The summed E-state index contributed by atoms with van der Waals surface area (Å²) >= 11 is 0. The number of hydrogen-bond acceptors (Lipinski definition) is 2. The number of nitrogens with zero attached hydrogens (tertiary/aromatic N) is 2. The Balaban J connectivity index is 2.76. The molecule has 0 amide bonds. The quantitative estimate of drug-likeness (QED) is 0.742. The number of allylic oxidation sites excluding steroid dienone is 1. The maximum absolute atomic E-state index is 10.5. The van der Waals surface area contributed by atoms with Crippen molar-refractivity contribution in [3.63, 3.8) is 0 Å². The van der Waals surface area contributed by atoms with Gasteiger partial charge in [-0.2, -0.15) is 0 Å². The van der Waals surface area contributed by atoms with Gasteiger partial charge in [-0.1, -0.05) is 6.08 Å². The van der Waals surface area contributed by atoms with Crippen LogP contribution in [0.15, 0.2) is 18.0 Å². The minimum absolute atomic E-state index is 0.357. The number of hydrogen-bond donors (Lipinski definition) is 1. The molecule has 0 radical (unpaired) electrons. The summed E-state index contributed by atoms with van der Waals surface area (Å²) in [4.78, 5) is 14.6. The average Bonchev–Trinajstić information content (AvgIpc) is 2.44. The Labute approximate surface area is 82.9 Å². The molecule has 1 aromatic heterocycles. The second-order valence-electron chi connectivity index (χ2n) is 3.26. The van der Waals surface area contributed by atoms with E-state index in [1.165, 1.54) is 0 Å². The highest BCUT2D eigenvalue weighted by atomic mass is 16.4. The second kappa shape index (κ2) is 4.09. The number of aliphatic carboxylic acids is 1. The van der Waals surface area contributed by atoms with Gasteiger partial charge in [-0.05, 0) is 20.8 Å². The molecular formula is C10H14N2O2. The van der Waals surface area contributed by atoms with Crippen LogP contribution < -0.4 is 0 Å². The highest BCUT2D eigenvalue weighted by molar-refractivity contribution is 5.85. The van der Waals surface area contributed by atoms with E-state index in [2.05, 4.69) is 4.98 Å². The molecule has 76 valence electrons. The molecule has 0 unspecified atom stereocenters. The number of rotatable bonds is 3. The Kier molecular flexibility index (Phi) is 3.06. The normalized spacial score (nSPS) is 11.8. The molecular weight excluding hydrogens is 180 g/mol. The van der Waals surface area contributed by atoms with Gasteiger partial charge >= 0.3 is 5.97 Å². The van der Waals surface area contributed by atoms with Crippen LogP contribution in [0.2, 0.25) is 0 Å². The van der Waals surface area contributed by atoms with Crippen LogP contribution in [0.5, 0.6) is 0 Å². The lowest BCUT2D eigenvalue weighted by Gasteiger charge is -2.01. The molecule has 1 heterocycles. The fraction of sp³-hybridized carbons (Fsp3) is 0.400. The molecule has 0 atom stereocenters. The van der Waals surface area contributed by atoms with Crippen molar-refractivity contribution in [2.45, 2.75) is 27.3 Å². The smallest absolute Gasteiger partial charge is 0.331 e. The largest absolute Gasteiger partial charge is 0.478 e. The summed E-state index contributed by atoms with van der Waals surface area (Å²) in [6.45, 7) is 6.04. The van der Waals surface area contributed by atoms with Gasteiger partial charge in [-0.3, -0.25) is 0 Å². The fourth-order valence-electron chi connectivity index (χ4n) is 1.05. The third-order valence-electron chi connectivity index (χ3n) is 2.28. The molecule has 0 saturated carbocycles. The minimum atomic E-state index is -0.875. The topological polar surface area (TPSA) is 55.1 Å². The lowest BCUT2D eigenvalue weighted by Crippen LogP contribution is -2.01. The van der Waals surface area contributed by atoms with E-state index < -0.39 is 5.97 Å². The van der Waals surface area contributed by atoms with Gasteiger partial charge in [0.25, 0.3) is 0 Å². The van der Waals surface area contributed by atoms with Gasteiger partial charge < -0.3 is 9.67 Å². The lowest BCUT2D eigenvalue weighted by molar-refractivity contribution is -0.132. The highest BCUT2D eigenvalue weighted by Gasteiger charge is 2.02. The van der Waals surface area contributed by atoms with E-state index in [0.29, 0.717) is 12.1 Å². The Hall–Kier alpha value is -1.58. The summed E-state index contributed by atoms with van der Waals surface area (Å²) in [7, 11) is 0. The van der Waals surface area contributed by atoms with Gasteiger partial charge in [-0.25, -0.2) is 9.78 Å². The van der Waals surface area contributed by atoms with E-state index in [1.807, 2.05) is 18.4 Å². The van der Waals surface area contributed by atoms with Crippen LogP contribution in [0.3, 0.4) is 0 Å². The first-order valence-corrected chi connectivity index (χ1v) is 4.40. The molecule has 0 aliphatic carbocycles. The molecule has 0 bridgehead atoms. The first-order valence-electron chi connectivity index (χ1n) is 4.40. The Bertz CT molecular complexity index is 377. The van der Waals surface area contributed by atoms with Crippen molar-refractivity contribution in [1.82, 2.24) is 9.55 Å². The fourth-order valence-corrected chi connectivity index (χ4v) is 1.05. The van der Waals surface area contributed by atoms with Crippen molar-refractivity contribution in [2.75, 3.05) is 0 Å². The molecule has 0 fully saturated rings. The summed E-state index contributed by atoms with van der Waals surface area (Å²) in [5.74, 6) is -0.875. The first kappa shape index (κ1) is 10.5. The minimum Gasteiger partial charge on any atom is -0.478 e. The van der Waals surface area contributed by atoms with E-state index in [0.717, 1.165) is 11.4 Å². The number of carbonyl (C=O) groups is 1. The second-order valence-corrected chi connectivity index (χ2v) is 3.26. The maximum Gasteiger partial charge on any atom is 0.331 e. The first-order chi connectivity index (χ1) is 6.52. The summed E-state index contributed by atoms with van der Waals surface area (Å²) in [6, 6.07) is 0. The summed E-state index contributed by atoms with van der Waals surface area (Å²) in [6.07, 6.45) is 3.40. The van der Waals surface area contributed by atoms with E-state index >= 15 is 0 Å². The number of carboxylic acid groups (broad SMARTS) is 1. The van der Waals surface area contributed by atoms with Gasteiger partial charge in [0.05, 0.1) is 12.0 Å². The van der Waals surface area contributed by atoms with E-state index in [-0.39, 0.29) is 0 Å². The average molecular weight is 194 g/mol. The Morgan fingerprint density at radius 1 is 1.64 bits per heavy atom. The molecule has 1 aromatic rings. The highest BCUT2D eigenvalue weighted by Crippen LogP contribution is 2.05. The van der Waals surface area contributed by atoms with E-state index in [4.69, 9.17) is 5.11 Å². The molecule has 1 rings (SSSR count). The molecule has 0 aromatic carbocycles. The number of aromatic nitrogens is 2. The van der Waals surface area contributed by atoms with Crippen LogP contribution in [0.25, 0.3) is 0 Å². The van der Waals surface area contributed by atoms with Crippen molar-refractivity contribution in [2.24, 2.45) is 0 Å². The van der Waals surface area contributed by atoms with E-state index in [1.54, 1.807) is 19.3 Å². The van der Waals surface area contributed by atoms with Crippen molar-refractivity contribution in [3.05, 3.63) is 29.4 Å². The van der Waals surface area contributed by atoms with Gasteiger partial charge in [0.1, 0.15) is 0 Å². The number of carboxylic acids is 1. The molecule has 0 saturated heterocycles. The van der Waals surface area contributed by atoms with Crippen LogP contribution in [-0.4, -0.2) is 20.6 Å². The van der Waals surface area contributed by atoms with Crippen molar-refractivity contribution in [3.8, 4) is 0 Å². The van der Waals surface area contributed by atoms with Crippen LogP contribution in [0, 0.1) is 13.8 Å². The Morgan fingerprint density at radius 3 is 2.71 bits per heavy atom. The van der Waals surface area contributed by atoms with Crippen molar-refractivity contribution < 1.29 is 9.90 Å². The lowest BCUT2D eigenvalue weighted by atomic mass is 10.3. The monoisotopic (exact) mass is 194 g/mol. The molecule has 0 aliphatic rings. The van der Waals surface area contributed by atoms with Gasteiger partial charge in [-0.15, -0.1) is 0 Å². The van der Waals surface area contributed by atoms with Crippen LogP contribution in [0.4, 0.5) is 0 Å². The molecule has 0 spiro atoms. The summed E-state index contributed by atoms with van der Waals surface area (Å²) in [5, 5.41) is 8.64. The Morgan fingerprint density at radius 2 is 2.29 bits per heavy atom. The van der Waals surface area contributed by atoms with Crippen LogP contribution >= 0.6 is 0 Å². The maximum atomic E-state index is 10.5. The zero-order valence-electron chi connectivity index (χ0n) is 8.61. The molecule has 4 nitrogen and oxygen atoms in total. The van der Waals surface area contributed by atoms with Gasteiger partial charge in [0, 0.05) is 17.8 Å². The molecule has 0 aliphatic heterocycles. The molecule has 1 N–H and O–H groups in total. The van der Waals surface area contributed by atoms with E-state index in [9.17, 15) is 4.79 Å². The zero-order chi connectivity index (χ0) is 10.7. The number of aryl methyl sites for hydroxylation is 1. The third-order valence-corrected chi connectivity index (χ3v) is 2.28. The molecule has 4 heteroatoms. The molecule has 14 heavy (non-hydrogen) atoms. The van der Waals surface area contributed by atoms with Crippen molar-refractivity contribution in [1.29, 1.82) is 0 Å².